The van der Waals surface area contributed by atoms with Gasteiger partial charge in [-0.3, -0.25) is 4.79 Å². The number of halogens is 1. The molecule has 2 atom stereocenters. The van der Waals surface area contributed by atoms with Crippen molar-refractivity contribution in [3.63, 3.8) is 0 Å². The molecule has 2 unspecified atom stereocenters. The predicted molar refractivity (Wildman–Crippen MR) is 71.7 cm³/mol. The number of ether oxygens (including phenoxy) is 2. The van der Waals surface area contributed by atoms with Gasteiger partial charge in [0.05, 0.1) is 5.38 Å². The van der Waals surface area contributed by atoms with Gasteiger partial charge in [0, 0.05) is 6.54 Å². The van der Waals surface area contributed by atoms with E-state index in [1.807, 2.05) is 18.2 Å². The number of hydrogen-bond donors (Lipinski definition) is 1. The van der Waals surface area contributed by atoms with Gasteiger partial charge in [0.25, 0.3) is 5.91 Å². The molecular formula is C14H16ClNO3. The van der Waals surface area contributed by atoms with Crippen molar-refractivity contribution in [1.82, 2.24) is 5.32 Å². The van der Waals surface area contributed by atoms with Crippen LogP contribution in [0.1, 0.15) is 12.8 Å². The number of para-hydroxylation sites is 2. The second-order valence-electron chi connectivity index (χ2n) is 4.96. The average Bonchev–Trinajstić information content (AvgIpc) is 3.28. The smallest absolute Gasteiger partial charge is 0.264 e. The molecule has 1 aromatic carbocycles. The molecule has 2 aliphatic rings. The first kappa shape index (κ1) is 12.6. The SMILES string of the molecule is O=C(NCC(Cl)C1CC1)C1COc2ccccc2O1. The van der Waals surface area contributed by atoms with Gasteiger partial charge in [-0.15, -0.1) is 11.6 Å². The molecule has 102 valence electrons. The van der Waals surface area contributed by atoms with E-state index in [-0.39, 0.29) is 17.9 Å². The molecule has 5 heteroatoms. The Bertz CT molecular complexity index is 476. The molecule has 4 nitrogen and oxygen atoms in total. The molecule has 0 aromatic heterocycles. The minimum atomic E-state index is -0.599. The molecule has 3 rings (SSSR count). The second kappa shape index (κ2) is 5.29. The van der Waals surface area contributed by atoms with E-state index < -0.39 is 6.10 Å². The van der Waals surface area contributed by atoms with Crippen LogP contribution >= 0.6 is 11.6 Å². The number of nitrogens with one attached hydrogen (secondary N) is 1. The van der Waals surface area contributed by atoms with E-state index >= 15 is 0 Å². The summed E-state index contributed by atoms with van der Waals surface area (Å²) in [5.74, 6) is 1.69. The average molecular weight is 282 g/mol. The van der Waals surface area contributed by atoms with Crippen LogP contribution in [0.5, 0.6) is 11.5 Å². The van der Waals surface area contributed by atoms with Crippen LogP contribution in [0.4, 0.5) is 0 Å². The minimum Gasteiger partial charge on any atom is -0.485 e. The largest absolute Gasteiger partial charge is 0.485 e. The van der Waals surface area contributed by atoms with E-state index in [0.717, 1.165) is 0 Å². The number of carbonyl (C=O) groups is 1. The van der Waals surface area contributed by atoms with E-state index in [4.69, 9.17) is 21.1 Å². The summed E-state index contributed by atoms with van der Waals surface area (Å²) in [6.45, 7) is 0.728. The van der Waals surface area contributed by atoms with Crippen molar-refractivity contribution in [2.75, 3.05) is 13.2 Å². The highest BCUT2D eigenvalue weighted by atomic mass is 35.5. The number of rotatable bonds is 4. The summed E-state index contributed by atoms with van der Waals surface area (Å²) in [6, 6.07) is 7.34. The van der Waals surface area contributed by atoms with Gasteiger partial charge in [0.1, 0.15) is 6.61 Å². The van der Waals surface area contributed by atoms with Crippen LogP contribution < -0.4 is 14.8 Å². The van der Waals surface area contributed by atoms with Gasteiger partial charge in [-0.1, -0.05) is 12.1 Å². The fraction of sp³-hybridized carbons (Fsp3) is 0.500. The molecule has 1 aliphatic heterocycles. The first-order chi connectivity index (χ1) is 9.24. The van der Waals surface area contributed by atoms with Crippen LogP contribution in [0.25, 0.3) is 0 Å². The lowest BCUT2D eigenvalue weighted by Crippen LogP contribution is -2.45. The van der Waals surface area contributed by atoms with Gasteiger partial charge < -0.3 is 14.8 Å². The van der Waals surface area contributed by atoms with Crippen LogP contribution in [0.3, 0.4) is 0 Å². The second-order valence-corrected chi connectivity index (χ2v) is 5.52. The fourth-order valence-corrected chi connectivity index (χ4v) is 2.41. The van der Waals surface area contributed by atoms with Crippen LogP contribution in [0.15, 0.2) is 24.3 Å². The number of benzene rings is 1. The van der Waals surface area contributed by atoms with Crippen LogP contribution in [-0.2, 0) is 4.79 Å². The van der Waals surface area contributed by atoms with Crippen molar-refractivity contribution in [1.29, 1.82) is 0 Å². The van der Waals surface area contributed by atoms with Gasteiger partial charge in [-0.25, -0.2) is 0 Å². The van der Waals surface area contributed by atoms with Crippen LogP contribution in [0.2, 0.25) is 0 Å². The molecule has 1 saturated carbocycles. The molecule has 1 heterocycles. The molecule has 0 spiro atoms. The Labute approximate surface area is 117 Å². The lowest BCUT2D eigenvalue weighted by atomic mass is 10.2. The molecular weight excluding hydrogens is 266 g/mol. The van der Waals surface area contributed by atoms with Gasteiger partial charge in [-0.05, 0) is 30.9 Å². The third kappa shape index (κ3) is 2.95. The molecule has 1 fully saturated rings. The fourth-order valence-electron chi connectivity index (χ4n) is 2.09. The predicted octanol–water partition coefficient (Wildman–Crippen LogP) is 1.96. The zero-order chi connectivity index (χ0) is 13.2. The Hall–Kier alpha value is -1.42. The van der Waals surface area contributed by atoms with Gasteiger partial charge in [0.2, 0.25) is 6.10 Å². The van der Waals surface area contributed by atoms with Crippen LogP contribution in [0, 0.1) is 5.92 Å². The highest BCUT2D eigenvalue weighted by Gasteiger charge is 2.32. The normalized spacial score (nSPS) is 22.7. The first-order valence-electron chi connectivity index (χ1n) is 6.54. The van der Waals surface area contributed by atoms with E-state index in [0.29, 0.717) is 24.0 Å². The van der Waals surface area contributed by atoms with Crippen molar-refractivity contribution < 1.29 is 14.3 Å². The molecule has 1 amide bonds. The molecule has 0 saturated heterocycles. The molecule has 0 bridgehead atoms. The van der Waals surface area contributed by atoms with Crippen molar-refractivity contribution >= 4 is 17.5 Å². The number of alkyl halides is 1. The van der Waals surface area contributed by atoms with E-state index in [2.05, 4.69) is 5.32 Å². The maximum atomic E-state index is 12.0. The van der Waals surface area contributed by atoms with Gasteiger partial charge in [0.15, 0.2) is 11.5 Å². The summed E-state index contributed by atoms with van der Waals surface area (Å²) in [7, 11) is 0. The summed E-state index contributed by atoms with van der Waals surface area (Å²) < 4.78 is 11.1. The Morgan fingerprint density at radius 3 is 2.84 bits per heavy atom. The highest BCUT2D eigenvalue weighted by molar-refractivity contribution is 6.21. The summed E-state index contributed by atoms with van der Waals surface area (Å²) in [5, 5.41) is 2.86. The molecule has 19 heavy (non-hydrogen) atoms. The number of hydrogen-bond acceptors (Lipinski definition) is 3. The summed E-state index contributed by atoms with van der Waals surface area (Å²) in [5.41, 5.74) is 0. The monoisotopic (exact) mass is 281 g/mol. The van der Waals surface area contributed by atoms with Gasteiger partial charge in [-0.2, -0.15) is 0 Å². The molecule has 0 radical (unpaired) electrons. The Kier molecular flexibility index (Phi) is 3.51. The van der Waals surface area contributed by atoms with Gasteiger partial charge >= 0.3 is 0 Å². The maximum Gasteiger partial charge on any atom is 0.264 e. The van der Waals surface area contributed by atoms with Crippen molar-refractivity contribution in [3.05, 3.63) is 24.3 Å². The first-order valence-corrected chi connectivity index (χ1v) is 6.98. The number of fused-ring (bicyclic) bond motifs is 1. The summed E-state index contributed by atoms with van der Waals surface area (Å²) in [6.07, 6.45) is 1.74. The highest BCUT2D eigenvalue weighted by Crippen LogP contribution is 2.35. The maximum absolute atomic E-state index is 12.0. The number of amides is 1. The van der Waals surface area contributed by atoms with Crippen molar-refractivity contribution in [2.45, 2.75) is 24.3 Å². The van der Waals surface area contributed by atoms with Crippen molar-refractivity contribution in [3.8, 4) is 11.5 Å². The lowest BCUT2D eigenvalue weighted by Gasteiger charge is -2.25. The van der Waals surface area contributed by atoms with E-state index in [1.165, 1.54) is 12.8 Å². The summed E-state index contributed by atoms with van der Waals surface area (Å²) >= 11 is 6.16. The Balaban J connectivity index is 1.53. The lowest BCUT2D eigenvalue weighted by molar-refractivity contribution is -0.130. The Morgan fingerprint density at radius 2 is 2.11 bits per heavy atom. The quantitative estimate of drug-likeness (QED) is 0.858. The minimum absolute atomic E-state index is 0.0285. The van der Waals surface area contributed by atoms with Crippen LogP contribution in [-0.4, -0.2) is 30.5 Å². The standard InChI is InChI=1S/C14H16ClNO3/c15-10(9-5-6-9)7-16-14(17)13-8-18-11-3-1-2-4-12(11)19-13/h1-4,9-10,13H,5-8H2,(H,16,17). The zero-order valence-electron chi connectivity index (χ0n) is 10.5. The summed E-state index contributed by atoms with van der Waals surface area (Å²) in [4.78, 5) is 12.0. The molecule has 1 N–H and O–H groups in total. The third-order valence-electron chi connectivity index (χ3n) is 3.41. The van der Waals surface area contributed by atoms with E-state index in [1.54, 1.807) is 6.07 Å². The topological polar surface area (TPSA) is 47.6 Å². The number of carbonyl (C=O) groups excluding carboxylic acids is 1. The molecule has 1 aromatic rings. The Morgan fingerprint density at radius 1 is 1.37 bits per heavy atom. The molecule has 1 aliphatic carbocycles. The van der Waals surface area contributed by atoms with E-state index in [9.17, 15) is 4.79 Å². The van der Waals surface area contributed by atoms with Crippen molar-refractivity contribution in [2.24, 2.45) is 5.92 Å². The zero-order valence-corrected chi connectivity index (χ0v) is 11.2. The third-order valence-corrected chi connectivity index (χ3v) is 3.92.